The summed E-state index contributed by atoms with van der Waals surface area (Å²) in [6, 6.07) is 11.2. The van der Waals surface area contributed by atoms with Crippen LogP contribution in [0.15, 0.2) is 55.2 Å². The van der Waals surface area contributed by atoms with Gasteiger partial charge in [-0.15, -0.1) is 0 Å². The van der Waals surface area contributed by atoms with Gasteiger partial charge in [-0.05, 0) is 18.2 Å². The van der Waals surface area contributed by atoms with Crippen molar-refractivity contribution in [3.05, 3.63) is 66.4 Å². The molecule has 138 valence electrons. The topological polar surface area (TPSA) is 85.2 Å². The van der Waals surface area contributed by atoms with E-state index in [4.69, 9.17) is 4.74 Å². The lowest BCUT2D eigenvalue weighted by atomic mass is 10.0. The number of pyridine rings is 1. The van der Waals surface area contributed by atoms with Crippen molar-refractivity contribution in [2.45, 2.75) is 6.04 Å². The second kappa shape index (κ2) is 7.55. The van der Waals surface area contributed by atoms with Gasteiger partial charge in [0.25, 0.3) is 5.91 Å². The molecule has 1 N–H and O–H groups in total. The number of carbonyl (C=O) groups is 1. The third-order valence-electron chi connectivity index (χ3n) is 4.65. The smallest absolute Gasteiger partial charge is 0.254 e. The van der Waals surface area contributed by atoms with Gasteiger partial charge in [-0.3, -0.25) is 4.79 Å². The Morgan fingerprint density at radius 2 is 2.19 bits per heavy atom. The largest absolute Gasteiger partial charge is 0.496 e. The number of rotatable bonds is 4. The van der Waals surface area contributed by atoms with E-state index in [1.165, 1.54) is 11.0 Å². The number of aromatic nitrogens is 4. The predicted molar refractivity (Wildman–Crippen MR) is 98.8 cm³/mol. The molecule has 1 fully saturated rings. The number of benzene rings is 1. The van der Waals surface area contributed by atoms with Gasteiger partial charge in [-0.1, -0.05) is 18.2 Å². The molecular weight excluding hydrogens is 344 g/mol. The quantitative estimate of drug-likeness (QED) is 0.754. The van der Waals surface area contributed by atoms with Crippen molar-refractivity contribution >= 4 is 5.91 Å². The Morgan fingerprint density at radius 3 is 3.00 bits per heavy atom. The van der Waals surface area contributed by atoms with E-state index >= 15 is 0 Å². The zero-order valence-electron chi connectivity index (χ0n) is 14.9. The first-order chi connectivity index (χ1) is 13.3. The maximum absolute atomic E-state index is 13.3. The van der Waals surface area contributed by atoms with Gasteiger partial charge in [0.1, 0.15) is 18.4 Å². The van der Waals surface area contributed by atoms with Gasteiger partial charge in [-0.25, -0.2) is 14.6 Å². The lowest BCUT2D eigenvalue weighted by Crippen LogP contribution is -2.48. The number of methoxy groups -OCH3 is 1. The number of para-hydroxylation sites is 1. The number of carbonyl (C=O) groups excluding carboxylic acids is 1. The van der Waals surface area contributed by atoms with Crippen LogP contribution in [0.25, 0.3) is 5.82 Å². The summed E-state index contributed by atoms with van der Waals surface area (Å²) >= 11 is 0. The van der Waals surface area contributed by atoms with Crippen LogP contribution in [0.1, 0.15) is 22.0 Å². The van der Waals surface area contributed by atoms with Gasteiger partial charge in [0.05, 0.1) is 13.2 Å². The fourth-order valence-corrected chi connectivity index (χ4v) is 3.34. The molecule has 3 heterocycles. The van der Waals surface area contributed by atoms with Gasteiger partial charge in [0.15, 0.2) is 5.82 Å². The molecule has 1 aromatic carbocycles. The molecule has 0 spiro atoms. The minimum absolute atomic E-state index is 0.0452. The van der Waals surface area contributed by atoms with Crippen LogP contribution in [-0.2, 0) is 0 Å². The molecule has 1 amide bonds. The third kappa shape index (κ3) is 3.39. The van der Waals surface area contributed by atoms with Crippen molar-refractivity contribution in [1.29, 1.82) is 0 Å². The predicted octanol–water partition coefficient (Wildman–Crippen LogP) is 1.46. The van der Waals surface area contributed by atoms with Crippen LogP contribution in [0.5, 0.6) is 5.75 Å². The van der Waals surface area contributed by atoms with E-state index < -0.39 is 0 Å². The van der Waals surface area contributed by atoms with Gasteiger partial charge in [-0.2, -0.15) is 5.10 Å². The summed E-state index contributed by atoms with van der Waals surface area (Å²) in [7, 11) is 1.65. The summed E-state index contributed by atoms with van der Waals surface area (Å²) in [5.41, 5.74) is 1.56. The lowest BCUT2D eigenvalue weighted by molar-refractivity contribution is 0.0631. The van der Waals surface area contributed by atoms with Crippen LogP contribution in [0.4, 0.5) is 0 Å². The minimum Gasteiger partial charge on any atom is -0.496 e. The summed E-state index contributed by atoms with van der Waals surface area (Å²) in [5.74, 6) is 1.29. The van der Waals surface area contributed by atoms with E-state index in [2.05, 4.69) is 20.4 Å². The van der Waals surface area contributed by atoms with Crippen molar-refractivity contribution in [2.75, 3.05) is 26.7 Å². The van der Waals surface area contributed by atoms with Crippen LogP contribution in [0.2, 0.25) is 0 Å². The van der Waals surface area contributed by atoms with E-state index in [0.717, 1.165) is 17.9 Å². The molecular formula is C19H20N6O2. The van der Waals surface area contributed by atoms with Crippen molar-refractivity contribution in [1.82, 2.24) is 30.0 Å². The Labute approximate surface area is 156 Å². The average molecular weight is 364 g/mol. The summed E-state index contributed by atoms with van der Waals surface area (Å²) in [6.07, 6.45) is 4.60. The highest BCUT2D eigenvalue weighted by Crippen LogP contribution is 2.31. The first-order valence-corrected chi connectivity index (χ1v) is 8.73. The minimum atomic E-state index is -0.106. The Morgan fingerprint density at radius 1 is 1.30 bits per heavy atom. The fraction of sp³-hybridized carbons (Fsp3) is 0.263. The van der Waals surface area contributed by atoms with Crippen LogP contribution < -0.4 is 10.1 Å². The monoisotopic (exact) mass is 364 g/mol. The van der Waals surface area contributed by atoms with E-state index in [9.17, 15) is 4.79 Å². The van der Waals surface area contributed by atoms with Crippen molar-refractivity contribution in [3.8, 4) is 11.6 Å². The van der Waals surface area contributed by atoms with Crippen LogP contribution >= 0.6 is 0 Å². The number of amides is 1. The molecule has 0 radical (unpaired) electrons. The highest BCUT2D eigenvalue weighted by atomic mass is 16.5. The van der Waals surface area contributed by atoms with E-state index in [1.54, 1.807) is 31.8 Å². The second-order valence-electron chi connectivity index (χ2n) is 6.20. The Bertz CT molecular complexity index is 927. The summed E-state index contributed by atoms with van der Waals surface area (Å²) in [4.78, 5) is 23.4. The summed E-state index contributed by atoms with van der Waals surface area (Å²) in [5, 5.41) is 7.45. The van der Waals surface area contributed by atoms with Crippen LogP contribution in [-0.4, -0.2) is 57.3 Å². The van der Waals surface area contributed by atoms with Crippen molar-refractivity contribution in [3.63, 3.8) is 0 Å². The lowest BCUT2D eigenvalue weighted by Gasteiger charge is -2.37. The van der Waals surface area contributed by atoms with E-state index in [0.29, 0.717) is 24.5 Å². The molecule has 3 aromatic rings. The second-order valence-corrected chi connectivity index (χ2v) is 6.20. The zero-order valence-corrected chi connectivity index (χ0v) is 14.9. The highest BCUT2D eigenvalue weighted by molar-refractivity contribution is 5.95. The maximum Gasteiger partial charge on any atom is 0.254 e. The number of hydrogen-bond acceptors (Lipinski definition) is 6. The van der Waals surface area contributed by atoms with Gasteiger partial charge < -0.3 is 15.0 Å². The first kappa shape index (κ1) is 17.2. The molecule has 4 rings (SSSR count). The molecule has 1 aliphatic rings. The molecule has 1 atom stereocenters. The number of ether oxygens (including phenoxy) is 1. The molecule has 1 unspecified atom stereocenters. The molecule has 0 saturated carbocycles. The van der Waals surface area contributed by atoms with Gasteiger partial charge in [0.2, 0.25) is 0 Å². The third-order valence-corrected chi connectivity index (χ3v) is 4.65. The fourth-order valence-electron chi connectivity index (χ4n) is 3.34. The average Bonchev–Trinajstić information content (AvgIpc) is 3.28. The van der Waals surface area contributed by atoms with E-state index in [1.807, 2.05) is 29.2 Å². The van der Waals surface area contributed by atoms with E-state index in [-0.39, 0.29) is 11.9 Å². The highest BCUT2D eigenvalue weighted by Gasteiger charge is 2.30. The molecule has 8 heteroatoms. The summed E-state index contributed by atoms with van der Waals surface area (Å²) < 4.78 is 7.04. The van der Waals surface area contributed by atoms with Crippen LogP contribution in [0.3, 0.4) is 0 Å². The Balaban J connectivity index is 1.66. The first-order valence-electron chi connectivity index (χ1n) is 8.73. The Kier molecular flexibility index (Phi) is 4.80. The molecule has 27 heavy (non-hydrogen) atoms. The standard InChI is InChI=1S/C19H20N6O2/c1-27-17-5-3-2-4-15(17)16-11-20-8-9-24(16)19(26)14-6-7-22-18(10-14)25-13-21-12-23-25/h2-7,10,12-13,16,20H,8-9,11H2,1H3. The molecule has 2 aromatic heterocycles. The molecule has 1 aliphatic heterocycles. The zero-order chi connectivity index (χ0) is 18.6. The number of nitrogens with zero attached hydrogens (tertiary/aromatic N) is 5. The Hall–Kier alpha value is -3.26. The summed E-state index contributed by atoms with van der Waals surface area (Å²) in [6.45, 7) is 2.04. The SMILES string of the molecule is COc1ccccc1C1CNCCN1C(=O)c1ccnc(-n2cncn2)c1. The molecule has 0 aliphatic carbocycles. The normalized spacial score (nSPS) is 16.9. The van der Waals surface area contributed by atoms with Gasteiger partial charge in [0, 0.05) is 37.0 Å². The van der Waals surface area contributed by atoms with Crippen molar-refractivity contribution in [2.24, 2.45) is 0 Å². The molecule has 1 saturated heterocycles. The number of hydrogen-bond donors (Lipinski definition) is 1. The maximum atomic E-state index is 13.3. The van der Waals surface area contributed by atoms with Gasteiger partial charge >= 0.3 is 0 Å². The number of nitrogens with one attached hydrogen (secondary N) is 1. The number of piperazine rings is 1. The van der Waals surface area contributed by atoms with Crippen LogP contribution in [0, 0.1) is 0 Å². The molecule has 0 bridgehead atoms. The molecule has 8 nitrogen and oxygen atoms in total. The van der Waals surface area contributed by atoms with Crippen molar-refractivity contribution < 1.29 is 9.53 Å².